The zero-order chi connectivity index (χ0) is 14.4. The van der Waals surface area contributed by atoms with Crippen molar-refractivity contribution in [1.29, 1.82) is 0 Å². The van der Waals surface area contributed by atoms with Gasteiger partial charge in [-0.05, 0) is 24.5 Å². The Morgan fingerprint density at radius 3 is 2.63 bits per heavy atom. The highest BCUT2D eigenvalue weighted by Gasteiger charge is 2.13. The second-order valence-electron chi connectivity index (χ2n) is 4.91. The molecule has 5 heteroatoms. The zero-order valence-corrected chi connectivity index (χ0v) is 11.3. The van der Waals surface area contributed by atoms with Gasteiger partial charge in [0.2, 0.25) is 5.91 Å². The van der Waals surface area contributed by atoms with Gasteiger partial charge in [0.25, 0.3) is 0 Å². The molecule has 1 rings (SSSR count). The first-order valence-corrected chi connectivity index (χ1v) is 6.38. The van der Waals surface area contributed by atoms with Crippen LogP contribution in [0, 0.1) is 11.7 Å². The van der Waals surface area contributed by atoms with Crippen LogP contribution < -0.4 is 11.1 Å². The van der Waals surface area contributed by atoms with Crippen LogP contribution in [-0.2, 0) is 6.54 Å². The Morgan fingerprint density at radius 2 is 2.16 bits per heavy atom. The van der Waals surface area contributed by atoms with Crippen LogP contribution in [-0.4, -0.2) is 23.7 Å². The number of benzene rings is 1. The van der Waals surface area contributed by atoms with Crippen LogP contribution in [0.2, 0.25) is 0 Å². The van der Waals surface area contributed by atoms with Gasteiger partial charge in [0.1, 0.15) is 5.82 Å². The smallest absolute Gasteiger partial charge is 0.248 e. The molecule has 0 fully saturated rings. The lowest BCUT2D eigenvalue weighted by Gasteiger charge is -2.21. The van der Waals surface area contributed by atoms with Gasteiger partial charge < -0.3 is 16.2 Å². The molecule has 0 aliphatic heterocycles. The van der Waals surface area contributed by atoms with Crippen LogP contribution in [0.1, 0.15) is 36.2 Å². The number of halogens is 1. The molecule has 0 heterocycles. The molecule has 0 aliphatic rings. The van der Waals surface area contributed by atoms with Crippen LogP contribution >= 0.6 is 0 Å². The summed E-state index contributed by atoms with van der Waals surface area (Å²) in [4.78, 5) is 10.9. The number of primary amides is 1. The molecule has 4 N–H and O–H groups in total. The van der Waals surface area contributed by atoms with Crippen molar-refractivity contribution in [1.82, 2.24) is 5.32 Å². The number of nitrogens with two attached hydrogens (primary N) is 1. The quantitative estimate of drug-likeness (QED) is 0.700. The minimum absolute atomic E-state index is 0.0962. The van der Waals surface area contributed by atoms with E-state index in [-0.39, 0.29) is 18.2 Å². The molecule has 0 saturated carbocycles. The number of carbonyl (C=O) groups is 1. The summed E-state index contributed by atoms with van der Waals surface area (Å²) in [5.41, 5.74) is 5.73. The number of rotatable bonds is 7. The molecule has 0 saturated heterocycles. The molecule has 0 aliphatic carbocycles. The van der Waals surface area contributed by atoms with Gasteiger partial charge in [-0.1, -0.05) is 19.9 Å². The fourth-order valence-electron chi connectivity index (χ4n) is 1.90. The number of nitrogens with one attached hydrogen (secondary N) is 1. The molecule has 0 bridgehead atoms. The molecule has 19 heavy (non-hydrogen) atoms. The number of carbonyl (C=O) groups excluding carboxylic acids is 1. The predicted octanol–water partition coefficient (Wildman–Crippen LogP) is 1.42. The lowest BCUT2D eigenvalue weighted by Crippen LogP contribution is -2.34. The summed E-state index contributed by atoms with van der Waals surface area (Å²) < 4.78 is 13.8. The van der Waals surface area contributed by atoms with Crippen molar-refractivity contribution in [3.63, 3.8) is 0 Å². The normalized spacial score (nSPS) is 12.7. The minimum atomic E-state index is -0.640. The van der Waals surface area contributed by atoms with Gasteiger partial charge in [-0.2, -0.15) is 0 Å². The molecule has 4 nitrogen and oxygen atoms in total. The van der Waals surface area contributed by atoms with Gasteiger partial charge in [-0.3, -0.25) is 4.79 Å². The Labute approximate surface area is 112 Å². The molecule has 106 valence electrons. The van der Waals surface area contributed by atoms with Gasteiger partial charge in [-0.15, -0.1) is 0 Å². The largest absolute Gasteiger partial charge is 0.396 e. The predicted molar refractivity (Wildman–Crippen MR) is 72.1 cm³/mol. The highest BCUT2D eigenvalue weighted by molar-refractivity contribution is 5.92. The molecular weight excluding hydrogens is 247 g/mol. The van der Waals surface area contributed by atoms with Crippen molar-refractivity contribution in [3.8, 4) is 0 Å². The van der Waals surface area contributed by atoms with E-state index in [1.165, 1.54) is 6.07 Å². The molecule has 1 aromatic rings. The third kappa shape index (κ3) is 4.61. The average molecular weight is 268 g/mol. The lowest BCUT2D eigenvalue weighted by atomic mass is 10.0. The van der Waals surface area contributed by atoms with Crippen molar-refractivity contribution in [2.24, 2.45) is 11.7 Å². The Balaban J connectivity index is 2.69. The monoisotopic (exact) mass is 268 g/mol. The van der Waals surface area contributed by atoms with Gasteiger partial charge in [0.05, 0.1) is 0 Å². The second-order valence-corrected chi connectivity index (χ2v) is 4.91. The molecule has 0 spiro atoms. The van der Waals surface area contributed by atoms with Gasteiger partial charge >= 0.3 is 0 Å². The summed E-state index contributed by atoms with van der Waals surface area (Å²) in [6.07, 6.45) is 0.624. The van der Waals surface area contributed by atoms with Crippen LogP contribution in [0.15, 0.2) is 18.2 Å². The molecule has 1 aromatic carbocycles. The van der Waals surface area contributed by atoms with Gasteiger partial charge in [0.15, 0.2) is 0 Å². The van der Waals surface area contributed by atoms with E-state index < -0.39 is 11.7 Å². The molecule has 0 aromatic heterocycles. The summed E-state index contributed by atoms with van der Waals surface area (Å²) in [7, 11) is 0. The number of aliphatic hydroxyl groups excluding tert-OH is 1. The zero-order valence-electron chi connectivity index (χ0n) is 11.3. The van der Waals surface area contributed by atoms with Crippen molar-refractivity contribution in [3.05, 3.63) is 35.1 Å². The lowest BCUT2D eigenvalue weighted by molar-refractivity contribution is 0.1000. The molecular formula is C14H21FN2O2. The van der Waals surface area contributed by atoms with E-state index in [2.05, 4.69) is 5.32 Å². The first-order valence-electron chi connectivity index (χ1n) is 6.38. The number of hydrogen-bond acceptors (Lipinski definition) is 3. The van der Waals surface area contributed by atoms with Crippen LogP contribution in [0.4, 0.5) is 4.39 Å². The third-order valence-electron chi connectivity index (χ3n) is 3.14. The Morgan fingerprint density at radius 1 is 1.47 bits per heavy atom. The van der Waals surface area contributed by atoms with E-state index >= 15 is 0 Å². The first kappa shape index (κ1) is 15.6. The molecule has 1 amide bonds. The second kappa shape index (κ2) is 7.21. The number of aliphatic hydroxyl groups is 1. The number of amides is 1. The highest BCUT2D eigenvalue weighted by Crippen LogP contribution is 2.12. The average Bonchev–Trinajstić information content (AvgIpc) is 2.35. The summed E-state index contributed by atoms with van der Waals surface area (Å²) in [6, 6.07) is 4.34. The van der Waals surface area contributed by atoms with Crippen LogP contribution in [0.3, 0.4) is 0 Å². The number of hydrogen-bond donors (Lipinski definition) is 3. The maximum Gasteiger partial charge on any atom is 0.248 e. The molecule has 0 radical (unpaired) electrons. The van der Waals surface area contributed by atoms with Crippen LogP contribution in [0.5, 0.6) is 0 Å². The van der Waals surface area contributed by atoms with Gasteiger partial charge in [-0.25, -0.2) is 4.39 Å². The summed E-state index contributed by atoms with van der Waals surface area (Å²) >= 11 is 0. The summed E-state index contributed by atoms with van der Waals surface area (Å²) in [5, 5.41) is 12.2. The SMILES string of the molecule is CC(C)C(CCO)NCc1ccc(C(N)=O)cc1F. The molecule has 1 atom stereocenters. The maximum atomic E-state index is 13.8. The third-order valence-corrected chi connectivity index (χ3v) is 3.14. The van der Waals surface area contributed by atoms with E-state index in [4.69, 9.17) is 10.8 Å². The summed E-state index contributed by atoms with van der Waals surface area (Å²) in [6.45, 7) is 4.53. The standard InChI is InChI=1S/C14H21FN2O2/c1-9(2)13(5-6-18)17-8-11-4-3-10(14(16)19)7-12(11)15/h3-4,7,9,13,17-18H,5-6,8H2,1-2H3,(H2,16,19). The van der Waals surface area contributed by atoms with Crippen molar-refractivity contribution in [2.45, 2.75) is 32.9 Å². The van der Waals surface area contributed by atoms with Crippen molar-refractivity contribution in [2.75, 3.05) is 6.61 Å². The molecule has 1 unspecified atom stereocenters. The Bertz CT molecular complexity index is 435. The highest BCUT2D eigenvalue weighted by atomic mass is 19.1. The topological polar surface area (TPSA) is 75.3 Å². The summed E-state index contributed by atoms with van der Waals surface area (Å²) in [5.74, 6) is -0.742. The fraction of sp³-hybridized carbons (Fsp3) is 0.500. The Kier molecular flexibility index (Phi) is 5.92. The van der Waals surface area contributed by atoms with E-state index in [0.717, 1.165) is 6.07 Å². The van der Waals surface area contributed by atoms with E-state index in [1.807, 2.05) is 13.8 Å². The van der Waals surface area contributed by atoms with E-state index in [1.54, 1.807) is 6.07 Å². The Hall–Kier alpha value is -1.46. The van der Waals surface area contributed by atoms with Crippen molar-refractivity contribution >= 4 is 5.91 Å². The first-order chi connectivity index (χ1) is 8.95. The maximum absolute atomic E-state index is 13.8. The van der Waals surface area contributed by atoms with Crippen molar-refractivity contribution < 1.29 is 14.3 Å². The van der Waals surface area contributed by atoms with E-state index in [0.29, 0.717) is 24.4 Å². The van der Waals surface area contributed by atoms with Crippen LogP contribution in [0.25, 0.3) is 0 Å². The minimum Gasteiger partial charge on any atom is -0.396 e. The van der Waals surface area contributed by atoms with E-state index in [9.17, 15) is 9.18 Å². The van der Waals surface area contributed by atoms with Gasteiger partial charge in [0, 0.05) is 30.3 Å². The fourth-order valence-corrected chi connectivity index (χ4v) is 1.90.